The van der Waals surface area contributed by atoms with Gasteiger partial charge in [-0.3, -0.25) is 4.79 Å². The number of hydrogen-bond donors (Lipinski definition) is 2. The summed E-state index contributed by atoms with van der Waals surface area (Å²) in [6, 6.07) is 13.0. The van der Waals surface area contributed by atoms with E-state index >= 15 is 0 Å². The number of para-hydroxylation sites is 1. The van der Waals surface area contributed by atoms with E-state index in [2.05, 4.69) is 10.0 Å². The first-order chi connectivity index (χ1) is 11.8. The number of carbonyl (C=O) groups is 1. The Balaban J connectivity index is 2.17. The van der Waals surface area contributed by atoms with E-state index in [1.807, 2.05) is 0 Å². The molecule has 2 aromatic rings. The molecule has 0 fully saturated rings. The molecule has 25 heavy (non-hydrogen) atoms. The Bertz CT molecular complexity index is 838. The van der Waals surface area contributed by atoms with Crippen LogP contribution in [0.5, 0.6) is 5.75 Å². The van der Waals surface area contributed by atoms with Gasteiger partial charge in [0.1, 0.15) is 5.75 Å². The molecule has 0 aromatic heterocycles. The van der Waals surface area contributed by atoms with E-state index in [1.54, 1.807) is 48.5 Å². The maximum absolute atomic E-state index is 12.3. The van der Waals surface area contributed by atoms with Crippen LogP contribution in [-0.2, 0) is 14.8 Å². The summed E-state index contributed by atoms with van der Waals surface area (Å²) in [5.41, 5.74) is 1.13. The summed E-state index contributed by atoms with van der Waals surface area (Å²) in [5, 5.41) is 3.10. The molecule has 1 unspecified atom stereocenters. The molecule has 0 spiro atoms. The van der Waals surface area contributed by atoms with Crippen LogP contribution in [0.15, 0.2) is 48.5 Å². The zero-order valence-electron chi connectivity index (χ0n) is 13.8. The number of benzene rings is 2. The third kappa shape index (κ3) is 6.04. The van der Waals surface area contributed by atoms with Crippen LogP contribution in [-0.4, -0.2) is 27.7 Å². The van der Waals surface area contributed by atoms with E-state index in [0.29, 0.717) is 22.0 Å². The van der Waals surface area contributed by atoms with Crippen molar-refractivity contribution in [2.24, 2.45) is 0 Å². The number of carbonyl (C=O) groups excluding carboxylic acids is 1. The molecule has 0 aliphatic rings. The monoisotopic (exact) mass is 382 g/mol. The highest BCUT2D eigenvalue weighted by Gasteiger charge is 2.20. The highest BCUT2D eigenvalue weighted by Crippen LogP contribution is 2.24. The van der Waals surface area contributed by atoms with Gasteiger partial charge in [0.2, 0.25) is 15.9 Å². The van der Waals surface area contributed by atoms with Crippen molar-refractivity contribution in [1.82, 2.24) is 4.72 Å². The van der Waals surface area contributed by atoms with E-state index in [-0.39, 0.29) is 12.3 Å². The lowest BCUT2D eigenvalue weighted by atomic mass is 10.0. The first-order valence-electron chi connectivity index (χ1n) is 7.44. The standard InChI is InChI=1S/C17H19ClN2O4S/c1-24-13-9-7-12(8-10-13)16(20-25(2,22)23)11-17(21)19-15-6-4-3-5-14(15)18/h3-10,16,20H,11H2,1-2H3,(H,19,21). The van der Waals surface area contributed by atoms with E-state index in [0.717, 1.165) is 6.26 Å². The first kappa shape index (κ1) is 19.2. The predicted molar refractivity (Wildman–Crippen MR) is 98.4 cm³/mol. The second-order valence-electron chi connectivity index (χ2n) is 5.45. The number of anilines is 1. The van der Waals surface area contributed by atoms with Crippen molar-refractivity contribution in [3.05, 3.63) is 59.1 Å². The molecular weight excluding hydrogens is 364 g/mol. The second kappa shape index (κ2) is 8.33. The van der Waals surface area contributed by atoms with Gasteiger partial charge < -0.3 is 10.1 Å². The molecule has 8 heteroatoms. The second-order valence-corrected chi connectivity index (χ2v) is 7.64. The van der Waals surface area contributed by atoms with Crippen molar-refractivity contribution in [3.8, 4) is 5.75 Å². The molecule has 2 aromatic carbocycles. The molecule has 0 heterocycles. The Morgan fingerprint density at radius 2 is 1.80 bits per heavy atom. The average Bonchev–Trinajstić information content (AvgIpc) is 2.55. The Kier molecular flexibility index (Phi) is 6.41. The quantitative estimate of drug-likeness (QED) is 0.771. The predicted octanol–water partition coefficient (Wildman–Crippen LogP) is 2.97. The van der Waals surface area contributed by atoms with Crippen LogP contribution >= 0.6 is 11.6 Å². The number of methoxy groups -OCH3 is 1. The highest BCUT2D eigenvalue weighted by atomic mass is 35.5. The van der Waals surface area contributed by atoms with Crippen molar-refractivity contribution in [1.29, 1.82) is 0 Å². The van der Waals surface area contributed by atoms with Crippen LogP contribution < -0.4 is 14.8 Å². The number of nitrogens with one attached hydrogen (secondary N) is 2. The Labute approximate surface area is 152 Å². The maximum Gasteiger partial charge on any atom is 0.226 e. The van der Waals surface area contributed by atoms with Crippen LogP contribution in [0.25, 0.3) is 0 Å². The lowest BCUT2D eigenvalue weighted by molar-refractivity contribution is -0.116. The van der Waals surface area contributed by atoms with Crippen LogP contribution in [0.1, 0.15) is 18.0 Å². The maximum atomic E-state index is 12.3. The molecule has 134 valence electrons. The molecule has 1 atom stereocenters. The summed E-state index contributed by atoms with van der Waals surface area (Å²) in [5.74, 6) is 0.285. The Morgan fingerprint density at radius 3 is 2.36 bits per heavy atom. The molecule has 0 saturated carbocycles. The Morgan fingerprint density at radius 1 is 1.16 bits per heavy atom. The van der Waals surface area contributed by atoms with Gasteiger partial charge in [-0.05, 0) is 29.8 Å². The van der Waals surface area contributed by atoms with Crippen molar-refractivity contribution in [2.75, 3.05) is 18.7 Å². The van der Waals surface area contributed by atoms with Crippen LogP contribution in [0.4, 0.5) is 5.69 Å². The zero-order chi connectivity index (χ0) is 18.4. The Hall–Kier alpha value is -2.09. The fraction of sp³-hybridized carbons (Fsp3) is 0.235. The minimum Gasteiger partial charge on any atom is -0.497 e. The molecule has 2 N–H and O–H groups in total. The fourth-order valence-corrected chi connectivity index (χ4v) is 3.19. The molecule has 1 amide bonds. The highest BCUT2D eigenvalue weighted by molar-refractivity contribution is 7.88. The van der Waals surface area contributed by atoms with Crippen LogP contribution in [0.2, 0.25) is 5.02 Å². The van der Waals surface area contributed by atoms with E-state index in [1.165, 1.54) is 7.11 Å². The van der Waals surface area contributed by atoms with Gasteiger partial charge in [0.15, 0.2) is 0 Å². The number of rotatable bonds is 7. The molecule has 0 aliphatic carbocycles. The normalized spacial score (nSPS) is 12.4. The summed E-state index contributed by atoms with van der Waals surface area (Å²) >= 11 is 6.02. The topological polar surface area (TPSA) is 84.5 Å². The van der Waals surface area contributed by atoms with Gasteiger partial charge in [-0.25, -0.2) is 13.1 Å². The van der Waals surface area contributed by atoms with Gasteiger partial charge in [-0.2, -0.15) is 0 Å². The zero-order valence-corrected chi connectivity index (χ0v) is 15.4. The summed E-state index contributed by atoms with van der Waals surface area (Å²) in [4.78, 5) is 12.3. The largest absolute Gasteiger partial charge is 0.497 e. The SMILES string of the molecule is COc1ccc(C(CC(=O)Nc2ccccc2Cl)NS(C)(=O)=O)cc1. The minimum absolute atomic E-state index is 0.0787. The van der Waals surface area contributed by atoms with Crippen LogP contribution in [0, 0.1) is 0 Å². The van der Waals surface area contributed by atoms with Crippen molar-refractivity contribution >= 4 is 33.2 Å². The lowest BCUT2D eigenvalue weighted by Gasteiger charge is -2.18. The van der Waals surface area contributed by atoms with Gasteiger partial charge in [0.25, 0.3) is 0 Å². The van der Waals surface area contributed by atoms with E-state index < -0.39 is 16.1 Å². The van der Waals surface area contributed by atoms with Crippen LogP contribution in [0.3, 0.4) is 0 Å². The number of sulfonamides is 1. The molecule has 0 bridgehead atoms. The third-order valence-electron chi connectivity index (χ3n) is 3.41. The lowest BCUT2D eigenvalue weighted by Crippen LogP contribution is -2.30. The molecule has 0 aliphatic heterocycles. The summed E-state index contributed by atoms with van der Waals surface area (Å²) in [6.45, 7) is 0. The molecule has 0 saturated heterocycles. The molecule has 0 radical (unpaired) electrons. The van der Waals surface area contributed by atoms with Gasteiger partial charge in [0, 0.05) is 6.42 Å². The van der Waals surface area contributed by atoms with E-state index in [4.69, 9.17) is 16.3 Å². The molecule has 2 rings (SSSR count). The summed E-state index contributed by atoms with van der Waals surface area (Å²) in [7, 11) is -1.96. The fourth-order valence-electron chi connectivity index (χ4n) is 2.27. The van der Waals surface area contributed by atoms with Crippen molar-refractivity contribution in [2.45, 2.75) is 12.5 Å². The van der Waals surface area contributed by atoms with Gasteiger partial charge in [-0.1, -0.05) is 35.9 Å². The van der Waals surface area contributed by atoms with E-state index in [9.17, 15) is 13.2 Å². The molecule has 6 nitrogen and oxygen atoms in total. The van der Waals surface area contributed by atoms with Crippen molar-refractivity contribution < 1.29 is 17.9 Å². The number of ether oxygens (including phenoxy) is 1. The number of amides is 1. The summed E-state index contributed by atoms with van der Waals surface area (Å²) in [6.07, 6.45) is 0.972. The van der Waals surface area contributed by atoms with Gasteiger partial charge in [0.05, 0.1) is 30.1 Å². The minimum atomic E-state index is -3.50. The number of halogens is 1. The van der Waals surface area contributed by atoms with Gasteiger partial charge >= 0.3 is 0 Å². The third-order valence-corrected chi connectivity index (χ3v) is 4.45. The smallest absolute Gasteiger partial charge is 0.226 e. The molecular formula is C17H19ClN2O4S. The van der Waals surface area contributed by atoms with Crippen molar-refractivity contribution in [3.63, 3.8) is 0 Å². The number of hydrogen-bond acceptors (Lipinski definition) is 4. The first-order valence-corrected chi connectivity index (χ1v) is 9.71. The summed E-state index contributed by atoms with van der Waals surface area (Å²) < 4.78 is 30.9. The average molecular weight is 383 g/mol. The van der Waals surface area contributed by atoms with Gasteiger partial charge in [-0.15, -0.1) is 0 Å².